The molecule has 0 saturated carbocycles. The van der Waals surface area contributed by atoms with Gasteiger partial charge in [-0.15, -0.1) is 0 Å². The van der Waals surface area contributed by atoms with Gasteiger partial charge in [0.2, 0.25) is 0 Å². The molecule has 0 atom stereocenters. The van der Waals surface area contributed by atoms with Gasteiger partial charge in [-0.05, 0) is 59.8 Å². The van der Waals surface area contributed by atoms with Crippen LogP contribution in [0, 0.1) is 0 Å². The summed E-state index contributed by atoms with van der Waals surface area (Å²) in [5.41, 5.74) is -0.238. The number of hydrogen-bond acceptors (Lipinski definition) is 3. The number of unbranched alkanes of at least 4 members (excludes halogenated alkanes) is 11. The van der Waals surface area contributed by atoms with Gasteiger partial charge in [-0.2, -0.15) is 0 Å². The maximum Gasteiger partial charge on any atom is 0.100 e. The first-order valence-corrected chi connectivity index (χ1v) is 12.4. The monoisotopic (exact) mass is 406 g/mol. The number of hydrogen-bond donors (Lipinski definition) is 1. The molecule has 0 fully saturated rings. The molecule has 0 aromatic heterocycles. The summed E-state index contributed by atoms with van der Waals surface area (Å²) >= 11 is 0. The maximum absolute atomic E-state index is 9.74. The van der Waals surface area contributed by atoms with Crippen LogP contribution in [0.3, 0.4) is 0 Å². The van der Waals surface area contributed by atoms with Gasteiger partial charge >= 0.3 is 0 Å². The Labute approximate surface area is 182 Å². The van der Waals surface area contributed by atoms with E-state index in [1.807, 2.05) is 0 Å². The van der Waals surface area contributed by atoms with Crippen molar-refractivity contribution in [2.24, 2.45) is 4.99 Å². The van der Waals surface area contributed by atoms with E-state index >= 15 is 0 Å². The second-order valence-corrected chi connectivity index (χ2v) is 10.2. The summed E-state index contributed by atoms with van der Waals surface area (Å²) in [5, 5.41) is 9.74. The Balaban J connectivity index is 2.06. The Hall–Kier alpha value is -0.830. The molecule has 3 heteroatoms. The van der Waals surface area contributed by atoms with E-state index in [1.54, 1.807) is 0 Å². The molecule has 1 heterocycles. The highest BCUT2D eigenvalue weighted by Crippen LogP contribution is 2.29. The van der Waals surface area contributed by atoms with Crippen molar-refractivity contribution in [3.8, 4) is 0 Å². The number of nitrogens with zero attached hydrogens (tertiary/aromatic N) is 2. The van der Waals surface area contributed by atoms with Crippen molar-refractivity contribution in [1.29, 1.82) is 0 Å². The zero-order chi connectivity index (χ0) is 21.6. The van der Waals surface area contributed by atoms with Gasteiger partial charge in [0.05, 0.1) is 17.7 Å². The lowest BCUT2D eigenvalue weighted by Gasteiger charge is -2.37. The fraction of sp³-hybridized carbons (Fsp3) is 0.885. The lowest BCUT2D eigenvalue weighted by molar-refractivity contribution is 0.109. The van der Waals surface area contributed by atoms with E-state index in [9.17, 15) is 5.11 Å². The van der Waals surface area contributed by atoms with Crippen molar-refractivity contribution in [3.05, 3.63) is 12.2 Å². The third-order valence-corrected chi connectivity index (χ3v) is 6.07. The van der Waals surface area contributed by atoms with Gasteiger partial charge in [-0.3, -0.25) is 4.99 Å². The normalized spacial score (nSPS) is 16.8. The number of aliphatic hydroxyl groups excluding tert-OH is 1. The second kappa shape index (κ2) is 14.2. The molecule has 0 spiro atoms. The van der Waals surface area contributed by atoms with Crippen LogP contribution in [0.4, 0.5) is 0 Å². The van der Waals surface area contributed by atoms with Crippen molar-refractivity contribution in [2.75, 3.05) is 13.2 Å². The van der Waals surface area contributed by atoms with E-state index < -0.39 is 0 Å². The first kappa shape index (κ1) is 26.2. The van der Waals surface area contributed by atoms with Crippen LogP contribution in [0.5, 0.6) is 0 Å². The molecule has 1 N–H and O–H groups in total. The predicted octanol–water partition coefficient (Wildman–Crippen LogP) is 7.29. The largest absolute Gasteiger partial charge is 0.394 e. The van der Waals surface area contributed by atoms with Gasteiger partial charge < -0.3 is 10.0 Å². The van der Waals surface area contributed by atoms with Gasteiger partial charge in [-0.25, -0.2) is 0 Å². The molecular formula is C26H50N2O. The SMILES string of the molecule is CCCCCCCC/C=C/CCCCCCCC1=NC(C)(C)CN1C(C)(C)CO. The minimum Gasteiger partial charge on any atom is -0.394 e. The Morgan fingerprint density at radius 2 is 1.41 bits per heavy atom. The molecule has 0 bridgehead atoms. The standard InChI is InChI=1S/C26H50N2O/c1-6-7-8-9-10-11-12-13-14-15-16-17-18-19-20-21-24-27-25(2,3)22-28(24)26(4,5)23-29/h13-14,29H,6-12,15-23H2,1-5H3/b14-13+. The van der Waals surface area contributed by atoms with Crippen molar-refractivity contribution >= 4 is 5.84 Å². The van der Waals surface area contributed by atoms with E-state index in [4.69, 9.17) is 4.99 Å². The highest BCUT2D eigenvalue weighted by atomic mass is 16.3. The maximum atomic E-state index is 9.74. The third-order valence-electron chi connectivity index (χ3n) is 6.07. The Kier molecular flexibility index (Phi) is 12.9. The van der Waals surface area contributed by atoms with Crippen molar-refractivity contribution in [2.45, 2.75) is 136 Å². The molecule has 0 amide bonds. The summed E-state index contributed by atoms with van der Waals surface area (Å²) in [7, 11) is 0. The first-order valence-electron chi connectivity index (χ1n) is 12.4. The molecule has 0 unspecified atom stereocenters. The summed E-state index contributed by atoms with van der Waals surface area (Å²) in [6, 6.07) is 0. The highest BCUT2D eigenvalue weighted by molar-refractivity contribution is 5.85. The van der Waals surface area contributed by atoms with Gasteiger partial charge in [0.25, 0.3) is 0 Å². The van der Waals surface area contributed by atoms with Crippen LogP contribution < -0.4 is 0 Å². The number of allylic oxidation sites excluding steroid dienone is 2. The van der Waals surface area contributed by atoms with Crippen LogP contribution in [0.15, 0.2) is 17.1 Å². The van der Waals surface area contributed by atoms with Crippen LogP contribution in [-0.2, 0) is 0 Å². The number of aliphatic hydroxyl groups is 1. The minimum absolute atomic E-state index is 0.0242. The third kappa shape index (κ3) is 11.2. The molecule has 170 valence electrons. The van der Waals surface area contributed by atoms with E-state index in [1.165, 1.54) is 89.3 Å². The molecule has 0 aliphatic carbocycles. The van der Waals surface area contributed by atoms with Gasteiger partial charge in [-0.1, -0.05) is 70.4 Å². The van der Waals surface area contributed by atoms with E-state index in [2.05, 4.69) is 51.7 Å². The van der Waals surface area contributed by atoms with E-state index in [0.717, 1.165) is 13.0 Å². The molecule has 1 aliphatic rings. The smallest absolute Gasteiger partial charge is 0.100 e. The van der Waals surface area contributed by atoms with Crippen molar-refractivity contribution in [1.82, 2.24) is 4.90 Å². The fourth-order valence-electron chi connectivity index (χ4n) is 4.12. The van der Waals surface area contributed by atoms with Crippen LogP contribution in [0.1, 0.15) is 125 Å². The molecule has 3 nitrogen and oxygen atoms in total. The van der Waals surface area contributed by atoms with Crippen molar-refractivity contribution < 1.29 is 5.11 Å². The number of aliphatic imine (C=N–C) groups is 1. The molecule has 0 aromatic carbocycles. The average Bonchev–Trinajstić information content (AvgIpc) is 3.00. The number of rotatable bonds is 17. The summed E-state index contributed by atoms with van der Waals surface area (Å²) < 4.78 is 0. The Morgan fingerprint density at radius 1 is 0.897 bits per heavy atom. The zero-order valence-corrected chi connectivity index (χ0v) is 20.3. The van der Waals surface area contributed by atoms with E-state index in [-0.39, 0.29) is 17.7 Å². The summed E-state index contributed by atoms with van der Waals surface area (Å²) in [4.78, 5) is 7.28. The minimum atomic E-state index is -0.214. The molecule has 1 rings (SSSR count). The summed E-state index contributed by atoms with van der Waals surface area (Å²) in [6.07, 6.45) is 23.2. The molecule has 0 saturated heterocycles. The fourth-order valence-corrected chi connectivity index (χ4v) is 4.12. The van der Waals surface area contributed by atoms with Crippen LogP contribution >= 0.6 is 0 Å². The van der Waals surface area contributed by atoms with E-state index in [0.29, 0.717) is 0 Å². The highest BCUT2D eigenvalue weighted by Gasteiger charge is 2.38. The van der Waals surface area contributed by atoms with Gasteiger partial charge in [0.15, 0.2) is 0 Å². The predicted molar refractivity (Wildman–Crippen MR) is 129 cm³/mol. The van der Waals surface area contributed by atoms with Crippen LogP contribution in [-0.4, -0.2) is 40.1 Å². The van der Waals surface area contributed by atoms with Crippen molar-refractivity contribution in [3.63, 3.8) is 0 Å². The van der Waals surface area contributed by atoms with Crippen LogP contribution in [0.2, 0.25) is 0 Å². The Bertz CT molecular complexity index is 479. The summed E-state index contributed by atoms with van der Waals surface area (Å²) in [6.45, 7) is 12.0. The van der Waals surface area contributed by atoms with Gasteiger partial charge in [0, 0.05) is 13.0 Å². The Morgan fingerprint density at radius 3 is 1.97 bits per heavy atom. The molecular weight excluding hydrogens is 356 g/mol. The molecule has 0 radical (unpaired) electrons. The van der Waals surface area contributed by atoms with Crippen LogP contribution in [0.25, 0.3) is 0 Å². The zero-order valence-electron chi connectivity index (χ0n) is 20.3. The molecule has 0 aromatic rings. The number of amidine groups is 1. The quantitative estimate of drug-likeness (QED) is 0.203. The first-order chi connectivity index (χ1) is 13.8. The molecule has 1 aliphatic heterocycles. The lowest BCUT2D eigenvalue weighted by atomic mass is 10.00. The second-order valence-electron chi connectivity index (χ2n) is 10.2. The molecule has 29 heavy (non-hydrogen) atoms. The topological polar surface area (TPSA) is 35.8 Å². The lowest BCUT2D eigenvalue weighted by Crippen LogP contribution is -2.50. The average molecular weight is 407 g/mol. The summed E-state index contributed by atoms with van der Waals surface area (Å²) in [5.74, 6) is 1.20. The van der Waals surface area contributed by atoms with Gasteiger partial charge in [0.1, 0.15) is 5.84 Å².